The van der Waals surface area contributed by atoms with Crippen molar-refractivity contribution in [2.75, 3.05) is 43.9 Å². The minimum atomic E-state index is -1.02. The third kappa shape index (κ3) is 8.19. The van der Waals surface area contributed by atoms with Crippen LogP contribution in [0.3, 0.4) is 0 Å². The second-order valence-electron chi connectivity index (χ2n) is 12.3. The van der Waals surface area contributed by atoms with Gasteiger partial charge in [-0.1, -0.05) is 36.7 Å². The lowest BCUT2D eigenvalue weighted by Gasteiger charge is -2.36. The van der Waals surface area contributed by atoms with E-state index in [1.165, 1.54) is 18.3 Å². The highest BCUT2D eigenvalue weighted by Gasteiger charge is 2.37. The first kappa shape index (κ1) is 34.1. The molecule has 0 spiro atoms. The van der Waals surface area contributed by atoms with Crippen LogP contribution in [0.5, 0.6) is 0 Å². The molecule has 2 aliphatic rings. The van der Waals surface area contributed by atoms with Crippen LogP contribution in [0.15, 0.2) is 36.7 Å². The molecule has 13 nitrogen and oxygen atoms in total. The number of carbonyl (C=O) groups excluding carboxylic acids is 4. The van der Waals surface area contributed by atoms with E-state index in [0.29, 0.717) is 44.1 Å². The first-order valence-electron chi connectivity index (χ1n) is 16.1. The van der Waals surface area contributed by atoms with Gasteiger partial charge >= 0.3 is 0 Å². The topological polar surface area (TPSA) is 154 Å². The second kappa shape index (κ2) is 15.6. The maximum absolute atomic E-state index is 15.7. The Morgan fingerprint density at radius 2 is 1.74 bits per heavy atom. The fourth-order valence-electron chi connectivity index (χ4n) is 6.33. The average Bonchev–Trinajstić information content (AvgIpc) is 3.78. The molecular weight excluding hydrogens is 625 g/mol. The van der Waals surface area contributed by atoms with E-state index in [1.54, 1.807) is 34.8 Å². The summed E-state index contributed by atoms with van der Waals surface area (Å²) in [5.41, 5.74) is 0.394. The molecule has 3 heterocycles. The summed E-state index contributed by atoms with van der Waals surface area (Å²) in [6, 6.07) is 5.02. The Morgan fingerprint density at radius 1 is 1.02 bits per heavy atom. The van der Waals surface area contributed by atoms with Gasteiger partial charge in [-0.15, -0.1) is 5.10 Å². The van der Waals surface area contributed by atoms with Crippen molar-refractivity contribution in [2.45, 2.75) is 64.5 Å². The summed E-state index contributed by atoms with van der Waals surface area (Å²) >= 11 is 0.917. The van der Waals surface area contributed by atoms with Gasteiger partial charge < -0.3 is 25.8 Å². The minimum absolute atomic E-state index is 0.0696. The molecule has 0 unspecified atom stereocenters. The van der Waals surface area contributed by atoms with Crippen molar-refractivity contribution in [1.82, 2.24) is 34.5 Å². The number of benzene rings is 1. The van der Waals surface area contributed by atoms with Gasteiger partial charge in [-0.05, 0) is 62.0 Å². The van der Waals surface area contributed by atoms with E-state index in [0.717, 1.165) is 43.6 Å². The number of carbonyl (C=O) groups is 4. The maximum Gasteiger partial charge on any atom is 0.265 e. The second-order valence-corrected chi connectivity index (χ2v) is 13.1. The molecule has 3 atom stereocenters. The van der Waals surface area contributed by atoms with Gasteiger partial charge in [0, 0.05) is 44.7 Å². The molecule has 2 aromatic heterocycles. The fourth-order valence-corrected chi connectivity index (χ4v) is 6.75. The predicted molar refractivity (Wildman–Crippen MR) is 175 cm³/mol. The van der Waals surface area contributed by atoms with E-state index in [-0.39, 0.29) is 22.4 Å². The molecule has 1 aromatic carbocycles. The molecule has 1 saturated carbocycles. The van der Waals surface area contributed by atoms with Crippen molar-refractivity contribution in [3.8, 4) is 0 Å². The molecule has 252 valence electrons. The maximum atomic E-state index is 15.7. The number of rotatable bonds is 11. The molecule has 5 rings (SSSR count). The number of likely N-dealkylation sites (N-methyl/N-ethyl adjacent to an activating group) is 1. The van der Waals surface area contributed by atoms with Gasteiger partial charge in [-0.3, -0.25) is 19.2 Å². The third-order valence-corrected chi connectivity index (χ3v) is 9.85. The predicted octanol–water partition coefficient (Wildman–Crippen LogP) is 3.34. The molecule has 0 bridgehead atoms. The van der Waals surface area contributed by atoms with Crippen molar-refractivity contribution in [3.05, 3.63) is 52.9 Å². The Morgan fingerprint density at radius 3 is 2.40 bits per heavy atom. The molecule has 1 saturated heterocycles. The van der Waals surface area contributed by atoms with Crippen molar-refractivity contribution in [1.29, 1.82) is 0 Å². The van der Waals surface area contributed by atoms with Crippen LogP contribution in [0.2, 0.25) is 0 Å². The lowest BCUT2D eigenvalue weighted by Crippen LogP contribution is -2.55. The van der Waals surface area contributed by atoms with Crippen LogP contribution in [0.1, 0.15) is 67.1 Å². The normalized spacial score (nSPS) is 17.8. The highest BCUT2D eigenvalue weighted by atomic mass is 32.1. The number of halogens is 1. The van der Waals surface area contributed by atoms with E-state index in [1.807, 2.05) is 14.0 Å². The summed E-state index contributed by atoms with van der Waals surface area (Å²) in [5.74, 6) is -3.81. The SMILES string of the molecule is CCn1nccc1NC(=O)[C@H](C(=O)Nc1ccc([C@H](C)[C@@H](NC(=O)c2cnns2)C(=O)N2CCN(C)CC2)cc1F)C1CCCCC1. The number of nitrogens with one attached hydrogen (secondary N) is 3. The quantitative estimate of drug-likeness (QED) is 0.263. The van der Waals surface area contributed by atoms with Crippen LogP contribution in [0.25, 0.3) is 0 Å². The highest BCUT2D eigenvalue weighted by Crippen LogP contribution is 2.33. The number of hydrogen-bond acceptors (Lipinski definition) is 9. The van der Waals surface area contributed by atoms with Crippen molar-refractivity contribution in [3.63, 3.8) is 0 Å². The lowest BCUT2D eigenvalue weighted by molar-refractivity contribution is -0.135. The van der Waals surface area contributed by atoms with E-state index in [9.17, 15) is 19.2 Å². The molecule has 1 aliphatic heterocycles. The summed E-state index contributed by atoms with van der Waals surface area (Å²) in [7, 11) is 1.98. The smallest absolute Gasteiger partial charge is 0.265 e. The number of anilines is 2. The zero-order chi connectivity index (χ0) is 33.5. The van der Waals surface area contributed by atoms with E-state index >= 15 is 4.39 Å². The van der Waals surface area contributed by atoms with Crippen molar-refractivity contribution in [2.24, 2.45) is 11.8 Å². The Bertz CT molecular complexity index is 1550. The van der Waals surface area contributed by atoms with E-state index in [2.05, 4.69) is 35.5 Å². The van der Waals surface area contributed by atoms with Crippen LogP contribution in [-0.2, 0) is 20.9 Å². The van der Waals surface area contributed by atoms with E-state index < -0.39 is 41.4 Å². The van der Waals surface area contributed by atoms with Gasteiger partial charge in [-0.2, -0.15) is 5.10 Å². The zero-order valence-electron chi connectivity index (χ0n) is 26.9. The summed E-state index contributed by atoms with van der Waals surface area (Å²) in [4.78, 5) is 58.0. The third-order valence-electron chi connectivity index (χ3n) is 9.18. The summed E-state index contributed by atoms with van der Waals surface area (Å²) in [5, 5.41) is 16.2. The number of nitrogens with zero attached hydrogens (tertiary/aromatic N) is 6. The molecule has 0 radical (unpaired) electrons. The van der Waals surface area contributed by atoms with Crippen LogP contribution in [0, 0.1) is 17.7 Å². The fraction of sp³-hybridized carbons (Fsp3) is 0.531. The summed E-state index contributed by atoms with van der Waals surface area (Å²) < 4.78 is 21.1. The number of amides is 4. The van der Waals surface area contributed by atoms with Gasteiger partial charge in [0.25, 0.3) is 5.91 Å². The Labute approximate surface area is 277 Å². The van der Waals surface area contributed by atoms with Gasteiger partial charge in [0.1, 0.15) is 28.5 Å². The Hall–Kier alpha value is -4.24. The number of aromatic nitrogens is 4. The molecular formula is C32H42FN9O4S. The van der Waals surface area contributed by atoms with Crippen molar-refractivity contribution < 1.29 is 23.6 Å². The van der Waals surface area contributed by atoms with Gasteiger partial charge in [-0.25, -0.2) is 9.07 Å². The summed E-state index contributed by atoms with van der Waals surface area (Å²) in [6.45, 7) is 6.61. The molecule has 3 N–H and O–H groups in total. The molecule has 3 aromatic rings. The highest BCUT2D eigenvalue weighted by molar-refractivity contribution is 7.07. The van der Waals surface area contributed by atoms with Gasteiger partial charge in [0.05, 0.1) is 18.1 Å². The molecule has 2 fully saturated rings. The van der Waals surface area contributed by atoms with Gasteiger partial charge in [0.15, 0.2) is 0 Å². The van der Waals surface area contributed by atoms with Crippen LogP contribution in [0.4, 0.5) is 15.9 Å². The number of hydrogen-bond donors (Lipinski definition) is 3. The lowest BCUT2D eigenvalue weighted by atomic mass is 9.79. The standard InChI is InChI=1S/C32H42FN9O4S/c1-4-42-26(12-13-35-42)37-31(45)27(21-8-6-5-7-9-21)30(44)36-24-11-10-22(18-23(24)33)20(2)28(38-29(43)25-19-34-39-47-25)32(46)41-16-14-40(3)15-17-41/h10-13,18-21,27-28H,4-9,14-17H2,1-3H3,(H,36,44)(H,37,45)(H,38,43)/t20-,27-,28+/m0/s1. The van der Waals surface area contributed by atoms with Crippen LogP contribution in [-0.4, -0.2) is 92.1 Å². The molecule has 1 aliphatic carbocycles. The molecule has 4 amide bonds. The zero-order valence-corrected chi connectivity index (χ0v) is 27.8. The number of aryl methyl sites for hydroxylation is 1. The van der Waals surface area contributed by atoms with Crippen molar-refractivity contribution >= 4 is 46.7 Å². The monoisotopic (exact) mass is 667 g/mol. The minimum Gasteiger partial charge on any atom is -0.339 e. The Kier molecular flexibility index (Phi) is 11.3. The van der Waals surface area contributed by atoms with Crippen LogP contribution < -0.4 is 16.0 Å². The number of piperazine rings is 1. The average molecular weight is 668 g/mol. The molecule has 47 heavy (non-hydrogen) atoms. The summed E-state index contributed by atoms with van der Waals surface area (Å²) in [6.07, 6.45) is 7.24. The van der Waals surface area contributed by atoms with Gasteiger partial charge in [0.2, 0.25) is 17.7 Å². The first-order chi connectivity index (χ1) is 22.7. The van der Waals surface area contributed by atoms with E-state index in [4.69, 9.17) is 0 Å². The molecule has 15 heteroatoms. The van der Waals surface area contributed by atoms with Crippen LogP contribution >= 0.6 is 11.5 Å². The largest absolute Gasteiger partial charge is 0.339 e. The Balaban J connectivity index is 1.34. The first-order valence-corrected chi connectivity index (χ1v) is 16.9.